The largest absolute Gasteiger partial charge is 0.0654 e. The third kappa shape index (κ3) is 12.5. The standard InChI is InChI=1S/C16H35Si/c1-6-7-8-9-10-11-12-17(13-15(2)3)14-16(4)5/h15-16H,6-14H2,1-5H3. The second-order valence-corrected chi connectivity index (χ2v) is 9.28. The van der Waals surface area contributed by atoms with Gasteiger partial charge in [0.15, 0.2) is 0 Å². The van der Waals surface area contributed by atoms with E-state index >= 15 is 0 Å². The van der Waals surface area contributed by atoms with E-state index in [0.717, 1.165) is 11.8 Å². The zero-order valence-electron chi connectivity index (χ0n) is 13.0. The summed E-state index contributed by atoms with van der Waals surface area (Å²) >= 11 is 0. The van der Waals surface area contributed by atoms with Crippen LogP contribution in [-0.2, 0) is 0 Å². The molecule has 0 aliphatic heterocycles. The van der Waals surface area contributed by atoms with Gasteiger partial charge in [-0.25, -0.2) is 0 Å². The molecule has 0 aromatic heterocycles. The molecule has 103 valence electrons. The molecule has 0 heterocycles. The first-order chi connectivity index (χ1) is 8.06. The third-order valence-electron chi connectivity index (χ3n) is 3.28. The SMILES string of the molecule is CCCCCCCC[Si](CC(C)C)CC(C)C. The van der Waals surface area contributed by atoms with Crippen molar-refractivity contribution in [3.63, 3.8) is 0 Å². The van der Waals surface area contributed by atoms with Crippen LogP contribution in [-0.4, -0.2) is 8.80 Å². The van der Waals surface area contributed by atoms with Crippen LogP contribution in [0, 0.1) is 11.8 Å². The highest BCUT2D eigenvalue weighted by atomic mass is 28.3. The lowest BCUT2D eigenvalue weighted by Crippen LogP contribution is -2.17. The second-order valence-electron chi connectivity index (χ2n) is 6.46. The van der Waals surface area contributed by atoms with Crippen molar-refractivity contribution in [2.75, 3.05) is 0 Å². The maximum absolute atomic E-state index is 2.40. The highest BCUT2D eigenvalue weighted by molar-refractivity contribution is 6.58. The fourth-order valence-corrected chi connectivity index (χ4v) is 6.23. The summed E-state index contributed by atoms with van der Waals surface area (Å²) in [7, 11) is -0.0362. The van der Waals surface area contributed by atoms with Crippen molar-refractivity contribution in [3.8, 4) is 0 Å². The van der Waals surface area contributed by atoms with Crippen molar-refractivity contribution in [1.29, 1.82) is 0 Å². The molecule has 0 unspecified atom stereocenters. The summed E-state index contributed by atoms with van der Waals surface area (Å²) in [6.45, 7) is 11.9. The molecular formula is C16H35Si. The summed E-state index contributed by atoms with van der Waals surface area (Å²) in [6, 6.07) is 4.66. The molecule has 17 heavy (non-hydrogen) atoms. The molecule has 0 amide bonds. The van der Waals surface area contributed by atoms with Crippen LogP contribution in [0.25, 0.3) is 0 Å². The van der Waals surface area contributed by atoms with Gasteiger partial charge in [-0.15, -0.1) is 0 Å². The van der Waals surface area contributed by atoms with Crippen LogP contribution in [0.3, 0.4) is 0 Å². The Labute approximate surface area is 112 Å². The minimum absolute atomic E-state index is 0.0362. The number of hydrogen-bond acceptors (Lipinski definition) is 0. The van der Waals surface area contributed by atoms with Gasteiger partial charge >= 0.3 is 0 Å². The topological polar surface area (TPSA) is 0 Å². The zero-order valence-corrected chi connectivity index (χ0v) is 14.0. The van der Waals surface area contributed by atoms with Crippen LogP contribution in [0.4, 0.5) is 0 Å². The Kier molecular flexibility index (Phi) is 11.5. The molecule has 0 nitrogen and oxygen atoms in total. The van der Waals surface area contributed by atoms with E-state index in [4.69, 9.17) is 0 Å². The van der Waals surface area contributed by atoms with Gasteiger partial charge in [-0.05, 0) is 11.8 Å². The van der Waals surface area contributed by atoms with E-state index in [1.165, 1.54) is 50.6 Å². The van der Waals surface area contributed by atoms with Crippen LogP contribution in [0.1, 0.15) is 73.1 Å². The van der Waals surface area contributed by atoms with Crippen molar-refractivity contribution >= 4 is 8.80 Å². The Bertz CT molecular complexity index is 142. The molecule has 0 saturated heterocycles. The summed E-state index contributed by atoms with van der Waals surface area (Å²) in [5, 5.41) is 0. The molecule has 0 N–H and O–H groups in total. The molecule has 0 aromatic carbocycles. The fraction of sp³-hybridized carbons (Fsp3) is 1.00. The van der Waals surface area contributed by atoms with Crippen LogP contribution < -0.4 is 0 Å². The quantitative estimate of drug-likeness (QED) is 0.307. The van der Waals surface area contributed by atoms with Gasteiger partial charge in [-0.1, -0.05) is 91.3 Å². The number of unbranched alkanes of at least 4 members (excludes halogenated alkanes) is 5. The summed E-state index contributed by atoms with van der Waals surface area (Å²) < 4.78 is 0. The van der Waals surface area contributed by atoms with Gasteiger partial charge in [0.1, 0.15) is 0 Å². The molecule has 0 aliphatic rings. The Balaban J connectivity index is 3.60. The molecule has 0 bridgehead atoms. The minimum Gasteiger partial charge on any atom is -0.0654 e. The van der Waals surface area contributed by atoms with Gasteiger partial charge < -0.3 is 0 Å². The van der Waals surface area contributed by atoms with Crippen molar-refractivity contribution < 1.29 is 0 Å². The van der Waals surface area contributed by atoms with Gasteiger partial charge in [0.05, 0.1) is 0 Å². The molecular weight excluding hydrogens is 220 g/mol. The Morgan fingerprint density at radius 1 is 0.706 bits per heavy atom. The molecule has 1 heteroatoms. The summed E-state index contributed by atoms with van der Waals surface area (Å²) in [6.07, 6.45) is 8.76. The first-order valence-corrected chi connectivity index (χ1v) is 10.0. The van der Waals surface area contributed by atoms with Gasteiger partial charge in [0, 0.05) is 8.80 Å². The molecule has 0 saturated carbocycles. The smallest absolute Gasteiger partial charge is 0.0484 e. The molecule has 0 fully saturated rings. The molecule has 0 rings (SSSR count). The predicted octanol–water partition coefficient (Wildman–Crippen LogP) is 6.15. The normalized spacial score (nSPS) is 12.0. The zero-order chi connectivity index (χ0) is 13.1. The average molecular weight is 256 g/mol. The van der Waals surface area contributed by atoms with Crippen molar-refractivity contribution in [1.82, 2.24) is 0 Å². The molecule has 0 aliphatic carbocycles. The van der Waals surface area contributed by atoms with Crippen LogP contribution in [0.5, 0.6) is 0 Å². The van der Waals surface area contributed by atoms with Crippen molar-refractivity contribution in [2.24, 2.45) is 11.8 Å². The van der Waals surface area contributed by atoms with E-state index in [1.54, 1.807) is 6.04 Å². The van der Waals surface area contributed by atoms with E-state index in [9.17, 15) is 0 Å². The maximum atomic E-state index is 2.40. The number of rotatable bonds is 11. The summed E-state index contributed by atoms with van der Waals surface area (Å²) in [5.41, 5.74) is 0. The lowest BCUT2D eigenvalue weighted by atomic mass is 10.1. The highest BCUT2D eigenvalue weighted by Crippen LogP contribution is 2.20. The lowest BCUT2D eigenvalue weighted by molar-refractivity contribution is 0.618. The predicted molar refractivity (Wildman–Crippen MR) is 83.2 cm³/mol. The van der Waals surface area contributed by atoms with Gasteiger partial charge in [-0.3, -0.25) is 0 Å². The first-order valence-electron chi connectivity index (χ1n) is 7.89. The van der Waals surface area contributed by atoms with Gasteiger partial charge in [0.25, 0.3) is 0 Å². The fourth-order valence-electron chi connectivity index (χ4n) is 2.60. The lowest BCUT2D eigenvalue weighted by Gasteiger charge is -2.19. The van der Waals surface area contributed by atoms with E-state index in [-0.39, 0.29) is 8.80 Å². The van der Waals surface area contributed by atoms with Crippen LogP contribution in [0.2, 0.25) is 18.1 Å². The van der Waals surface area contributed by atoms with E-state index in [0.29, 0.717) is 0 Å². The van der Waals surface area contributed by atoms with Crippen LogP contribution in [0.15, 0.2) is 0 Å². The average Bonchev–Trinajstić information content (AvgIpc) is 2.21. The summed E-state index contributed by atoms with van der Waals surface area (Å²) in [5.74, 6) is 1.84. The molecule has 0 atom stereocenters. The van der Waals surface area contributed by atoms with Gasteiger partial charge in [-0.2, -0.15) is 0 Å². The highest BCUT2D eigenvalue weighted by Gasteiger charge is 2.14. The molecule has 0 aromatic rings. The maximum Gasteiger partial charge on any atom is 0.0484 e. The van der Waals surface area contributed by atoms with Crippen molar-refractivity contribution in [3.05, 3.63) is 0 Å². The van der Waals surface area contributed by atoms with E-state index < -0.39 is 0 Å². The Morgan fingerprint density at radius 3 is 1.65 bits per heavy atom. The molecule has 0 spiro atoms. The second kappa shape index (κ2) is 11.3. The van der Waals surface area contributed by atoms with E-state index in [2.05, 4.69) is 34.6 Å². The van der Waals surface area contributed by atoms with E-state index in [1.807, 2.05) is 0 Å². The first kappa shape index (κ1) is 17.2. The summed E-state index contributed by atoms with van der Waals surface area (Å²) in [4.78, 5) is 0. The van der Waals surface area contributed by atoms with Gasteiger partial charge in [0.2, 0.25) is 0 Å². The third-order valence-corrected chi connectivity index (χ3v) is 7.13. The Morgan fingerprint density at radius 2 is 1.18 bits per heavy atom. The van der Waals surface area contributed by atoms with Crippen molar-refractivity contribution in [2.45, 2.75) is 91.3 Å². The molecule has 1 radical (unpaired) electrons. The monoisotopic (exact) mass is 255 g/mol. The number of hydrogen-bond donors (Lipinski definition) is 0. The van der Waals surface area contributed by atoms with Crippen LogP contribution >= 0.6 is 0 Å². The Hall–Kier alpha value is 0.217. The minimum atomic E-state index is -0.0362.